The maximum atomic E-state index is 11.9. The molecule has 0 unspecified atom stereocenters. The molecule has 0 aromatic rings. The van der Waals surface area contributed by atoms with Crippen LogP contribution in [0.2, 0.25) is 0 Å². The van der Waals surface area contributed by atoms with Gasteiger partial charge in [0.15, 0.2) is 0 Å². The van der Waals surface area contributed by atoms with Crippen LogP contribution in [-0.2, 0) is 14.3 Å². The van der Waals surface area contributed by atoms with E-state index in [0.29, 0.717) is 4.90 Å². The van der Waals surface area contributed by atoms with Crippen LogP contribution >= 0.6 is 0 Å². The van der Waals surface area contributed by atoms with Gasteiger partial charge in [0, 0.05) is 13.6 Å². The zero-order chi connectivity index (χ0) is 13.5. The summed E-state index contributed by atoms with van der Waals surface area (Å²) in [5.41, 5.74) is 4.65. The zero-order valence-corrected chi connectivity index (χ0v) is 9.12. The molecule has 0 spiro atoms. The Hall–Kier alpha value is -1.51. The molecule has 0 aliphatic carbocycles. The monoisotopic (exact) mass is 258 g/mol. The number of likely N-dealkylation sites (N-methyl/N-ethyl adjacent to an activating group) is 1. The van der Waals surface area contributed by atoms with E-state index >= 15 is 0 Å². The van der Waals surface area contributed by atoms with Crippen molar-refractivity contribution in [1.29, 1.82) is 0 Å². The number of primary amides is 1. The molecule has 0 saturated carbocycles. The molecule has 100 valence electrons. The van der Waals surface area contributed by atoms with Crippen molar-refractivity contribution in [2.24, 2.45) is 5.73 Å². The van der Waals surface area contributed by atoms with Gasteiger partial charge >= 0.3 is 18.2 Å². The first-order valence-corrected chi connectivity index (χ1v) is 4.57. The van der Waals surface area contributed by atoms with E-state index < -0.39 is 18.2 Å². The summed E-state index contributed by atoms with van der Waals surface area (Å²) in [5.74, 6) is -1.94. The van der Waals surface area contributed by atoms with E-state index in [0.717, 1.165) is 7.05 Å². The predicted molar refractivity (Wildman–Crippen MR) is 50.0 cm³/mol. The molecule has 2 N–H and O–H groups in total. The topological polar surface area (TPSA) is 81.9 Å². The lowest BCUT2D eigenvalue weighted by molar-refractivity contribution is -0.184. The Morgan fingerprint density at radius 2 is 1.82 bits per heavy atom. The van der Waals surface area contributed by atoms with Gasteiger partial charge in [0.1, 0.15) is 6.61 Å². The van der Waals surface area contributed by atoms with Crippen molar-refractivity contribution in [3.8, 4) is 0 Å². The summed E-state index contributed by atoms with van der Waals surface area (Å²) in [7, 11) is 1.01. The Morgan fingerprint density at radius 1 is 1.24 bits per heavy atom. The smallest absolute Gasteiger partial charge is 0.447 e. The molecule has 0 atom stereocenters. The van der Waals surface area contributed by atoms with E-state index in [1.54, 1.807) is 0 Å². The van der Waals surface area contributed by atoms with Crippen LogP contribution in [0.25, 0.3) is 0 Å². The number of amides is 2. The van der Waals surface area contributed by atoms with Crippen LogP contribution < -0.4 is 5.73 Å². The molecule has 0 aromatic heterocycles. The lowest BCUT2D eigenvalue weighted by atomic mass is 10.5. The van der Waals surface area contributed by atoms with Gasteiger partial charge in [-0.2, -0.15) is 13.2 Å². The molecule has 0 aromatic carbocycles. The van der Waals surface area contributed by atoms with Crippen molar-refractivity contribution in [2.45, 2.75) is 6.18 Å². The lowest BCUT2D eigenvalue weighted by Gasteiger charge is -2.18. The molecule has 17 heavy (non-hydrogen) atoms. The van der Waals surface area contributed by atoms with E-state index in [9.17, 15) is 22.8 Å². The van der Waals surface area contributed by atoms with Gasteiger partial charge in [0.05, 0.1) is 13.2 Å². The third kappa shape index (κ3) is 7.39. The van der Waals surface area contributed by atoms with Crippen molar-refractivity contribution in [2.75, 3.05) is 33.4 Å². The van der Waals surface area contributed by atoms with E-state index in [4.69, 9.17) is 4.74 Å². The van der Waals surface area contributed by atoms with Crippen LogP contribution in [0.5, 0.6) is 0 Å². The molecule has 0 rings (SSSR count). The van der Waals surface area contributed by atoms with Gasteiger partial charge in [-0.1, -0.05) is 0 Å². The van der Waals surface area contributed by atoms with Crippen LogP contribution in [-0.4, -0.2) is 56.5 Å². The third-order valence-electron chi connectivity index (χ3n) is 1.63. The molecule has 9 heteroatoms. The highest BCUT2D eigenvalue weighted by Crippen LogP contribution is 2.17. The van der Waals surface area contributed by atoms with E-state index in [1.807, 2.05) is 0 Å². The molecule has 0 aliphatic heterocycles. The van der Waals surface area contributed by atoms with Gasteiger partial charge in [-0.3, -0.25) is 4.79 Å². The minimum atomic E-state index is -4.89. The Labute approximate surface area is 95.4 Å². The predicted octanol–water partition coefficient (Wildman–Crippen LogP) is 0.119. The molecule has 2 amide bonds. The maximum Gasteiger partial charge on any atom is 0.471 e. The molecular formula is C8H13F3N2O4. The summed E-state index contributed by atoms with van der Waals surface area (Å²) in [6, 6.07) is 0. The van der Waals surface area contributed by atoms with Gasteiger partial charge in [-0.25, -0.2) is 4.79 Å². The summed E-state index contributed by atoms with van der Waals surface area (Å²) in [4.78, 5) is 21.2. The fraction of sp³-hybridized carbons (Fsp3) is 0.750. The number of ether oxygens (including phenoxy) is 2. The zero-order valence-electron chi connectivity index (χ0n) is 9.12. The fourth-order valence-electron chi connectivity index (χ4n) is 0.823. The standard InChI is InChI=1S/C8H13F3N2O4/c1-13(6(14)8(9,10)11)2-3-16-4-5-17-7(12)15/h2-5H2,1H3,(H2,12,15). The Kier molecular flexibility index (Phi) is 6.33. The Morgan fingerprint density at radius 3 is 2.29 bits per heavy atom. The fourth-order valence-corrected chi connectivity index (χ4v) is 0.823. The van der Waals surface area contributed by atoms with Gasteiger partial charge in [0.2, 0.25) is 0 Å². The molecule has 6 nitrogen and oxygen atoms in total. The van der Waals surface area contributed by atoms with Crippen molar-refractivity contribution < 1.29 is 32.2 Å². The number of nitrogens with two attached hydrogens (primary N) is 1. The number of carbonyl (C=O) groups is 2. The molecule has 0 aliphatic rings. The van der Waals surface area contributed by atoms with Crippen molar-refractivity contribution in [3.63, 3.8) is 0 Å². The van der Waals surface area contributed by atoms with Crippen LogP contribution in [0.3, 0.4) is 0 Å². The second-order valence-electron chi connectivity index (χ2n) is 3.00. The summed E-state index contributed by atoms with van der Waals surface area (Å²) in [5, 5.41) is 0. The molecule has 0 heterocycles. The summed E-state index contributed by atoms with van der Waals surface area (Å²) in [6.07, 6.45) is -5.85. The number of carbonyl (C=O) groups excluding carboxylic acids is 2. The highest BCUT2D eigenvalue weighted by molar-refractivity contribution is 5.81. The van der Waals surface area contributed by atoms with Crippen LogP contribution in [0.15, 0.2) is 0 Å². The molecule has 0 fully saturated rings. The van der Waals surface area contributed by atoms with Gasteiger partial charge in [-0.15, -0.1) is 0 Å². The number of nitrogens with zero attached hydrogens (tertiary/aromatic N) is 1. The highest BCUT2D eigenvalue weighted by atomic mass is 19.4. The highest BCUT2D eigenvalue weighted by Gasteiger charge is 2.40. The van der Waals surface area contributed by atoms with Crippen LogP contribution in [0.1, 0.15) is 0 Å². The van der Waals surface area contributed by atoms with Crippen molar-refractivity contribution >= 4 is 12.0 Å². The number of hydrogen-bond acceptors (Lipinski definition) is 4. The normalized spacial score (nSPS) is 11.1. The summed E-state index contributed by atoms with van der Waals surface area (Å²) < 4.78 is 44.9. The summed E-state index contributed by atoms with van der Waals surface area (Å²) >= 11 is 0. The third-order valence-corrected chi connectivity index (χ3v) is 1.63. The average Bonchev–Trinajstić information content (AvgIpc) is 2.19. The first kappa shape index (κ1) is 15.5. The first-order valence-electron chi connectivity index (χ1n) is 4.57. The van der Waals surface area contributed by atoms with Crippen LogP contribution in [0.4, 0.5) is 18.0 Å². The first-order chi connectivity index (χ1) is 7.75. The number of rotatable bonds is 6. The second-order valence-corrected chi connectivity index (χ2v) is 3.00. The van der Waals surface area contributed by atoms with Crippen molar-refractivity contribution in [1.82, 2.24) is 4.90 Å². The number of alkyl halides is 3. The molecule has 0 saturated heterocycles. The minimum Gasteiger partial charge on any atom is -0.447 e. The molecule has 0 bridgehead atoms. The molecule has 0 radical (unpaired) electrons. The largest absolute Gasteiger partial charge is 0.471 e. The van der Waals surface area contributed by atoms with E-state index in [1.165, 1.54) is 0 Å². The average molecular weight is 258 g/mol. The van der Waals surface area contributed by atoms with Gasteiger partial charge in [0.25, 0.3) is 0 Å². The minimum absolute atomic E-state index is 0.00299. The van der Waals surface area contributed by atoms with Crippen molar-refractivity contribution in [3.05, 3.63) is 0 Å². The van der Waals surface area contributed by atoms with E-state index in [-0.39, 0.29) is 26.4 Å². The lowest BCUT2D eigenvalue weighted by Crippen LogP contribution is -2.40. The number of halogens is 3. The van der Waals surface area contributed by atoms with Gasteiger partial charge in [-0.05, 0) is 0 Å². The van der Waals surface area contributed by atoms with Gasteiger partial charge < -0.3 is 20.1 Å². The van der Waals surface area contributed by atoms with E-state index in [2.05, 4.69) is 10.5 Å². The van der Waals surface area contributed by atoms with Crippen LogP contribution in [0, 0.1) is 0 Å². The second kappa shape index (κ2) is 6.94. The quantitative estimate of drug-likeness (QED) is 0.686. The Balaban J connectivity index is 3.62. The Bertz CT molecular complexity index is 270. The number of hydrogen-bond donors (Lipinski definition) is 1. The maximum absolute atomic E-state index is 11.9. The SMILES string of the molecule is CN(CCOCCOC(N)=O)C(=O)C(F)(F)F. The molecular weight excluding hydrogens is 245 g/mol. The summed E-state index contributed by atoms with van der Waals surface area (Å²) in [6.45, 7) is -0.404.